The van der Waals surface area contributed by atoms with E-state index in [2.05, 4.69) is 5.32 Å². The Labute approximate surface area is 232 Å². The summed E-state index contributed by atoms with van der Waals surface area (Å²) in [6.45, 7) is 9.06. The van der Waals surface area contributed by atoms with Gasteiger partial charge in [0.05, 0.1) is 11.9 Å². The summed E-state index contributed by atoms with van der Waals surface area (Å²) in [5.41, 5.74) is 2.46. The molecule has 1 N–H and O–H groups in total. The molecule has 0 radical (unpaired) electrons. The molecule has 0 aliphatic carbocycles. The first-order valence-corrected chi connectivity index (χ1v) is 15.4. The maximum atomic E-state index is 13.6. The predicted molar refractivity (Wildman–Crippen MR) is 153 cm³/mol. The zero-order chi connectivity index (χ0) is 28.6. The summed E-state index contributed by atoms with van der Waals surface area (Å²) < 4.78 is 37.8. The van der Waals surface area contributed by atoms with Gasteiger partial charge in [-0.05, 0) is 50.8 Å². The zero-order valence-corrected chi connectivity index (χ0v) is 24.4. The summed E-state index contributed by atoms with van der Waals surface area (Å²) in [5, 5.41) is 3.01. The predicted octanol–water partition coefficient (Wildman–Crippen LogP) is 4.03. The van der Waals surface area contributed by atoms with Crippen molar-refractivity contribution in [3.05, 3.63) is 53.6 Å². The van der Waals surface area contributed by atoms with Gasteiger partial charge in [-0.3, -0.25) is 13.9 Å². The van der Waals surface area contributed by atoms with Gasteiger partial charge in [0, 0.05) is 31.6 Å². The lowest BCUT2D eigenvalue weighted by molar-refractivity contribution is -0.141. The maximum Gasteiger partial charge on any atom is 0.243 e. The number of hydrogen-bond acceptors (Lipinski definition) is 6. The Morgan fingerprint density at radius 1 is 1.03 bits per heavy atom. The Balaban J connectivity index is 1.77. The SMILES string of the molecule is CCC(C)NC(=O)C(CC)N(Cc1cccc(C)c1)C(=O)CCCN(c1ccc2c(c1)OCCO2)S(C)(=O)=O. The molecular weight excluding hydrogens is 518 g/mol. The van der Waals surface area contributed by atoms with Gasteiger partial charge in [-0.2, -0.15) is 0 Å². The molecular formula is C29H41N3O6S. The maximum absolute atomic E-state index is 13.6. The molecule has 2 amide bonds. The minimum Gasteiger partial charge on any atom is -0.486 e. The molecule has 2 atom stereocenters. The molecule has 0 bridgehead atoms. The molecule has 2 aromatic carbocycles. The number of amides is 2. The van der Waals surface area contributed by atoms with Crippen molar-refractivity contribution in [3.8, 4) is 11.5 Å². The van der Waals surface area contributed by atoms with Crippen LogP contribution >= 0.6 is 0 Å². The van der Waals surface area contributed by atoms with Gasteiger partial charge >= 0.3 is 0 Å². The number of ether oxygens (including phenoxy) is 2. The monoisotopic (exact) mass is 559 g/mol. The number of hydrogen-bond donors (Lipinski definition) is 1. The molecule has 10 heteroatoms. The van der Waals surface area contributed by atoms with Crippen LogP contribution in [0.4, 0.5) is 5.69 Å². The van der Waals surface area contributed by atoms with Crippen molar-refractivity contribution in [1.29, 1.82) is 0 Å². The third kappa shape index (κ3) is 8.36. The lowest BCUT2D eigenvalue weighted by Gasteiger charge is -2.32. The van der Waals surface area contributed by atoms with Gasteiger partial charge in [0.25, 0.3) is 0 Å². The van der Waals surface area contributed by atoms with Gasteiger partial charge in [-0.15, -0.1) is 0 Å². The van der Waals surface area contributed by atoms with Crippen molar-refractivity contribution in [1.82, 2.24) is 10.2 Å². The number of carbonyl (C=O) groups excluding carboxylic acids is 2. The fourth-order valence-corrected chi connectivity index (χ4v) is 5.52. The first-order valence-electron chi connectivity index (χ1n) is 13.6. The molecule has 0 saturated heterocycles. The van der Waals surface area contributed by atoms with Crippen molar-refractivity contribution in [2.75, 3.05) is 30.3 Å². The normalized spacial score (nSPS) is 14.3. The third-order valence-electron chi connectivity index (χ3n) is 6.79. The first kappa shape index (κ1) is 30.3. The van der Waals surface area contributed by atoms with Crippen LogP contribution in [0.2, 0.25) is 0 Å². The molecule has 3 rings (SSSR count). The Kier molecular flexibility index (Phi) is 10.6. The van der Waals surface area contributed by atoms with E-state index in [9.17, 15) is 18.0 Å². The number of fused-ring (bicyclic) bond motifs is 1. The van der Waals surface area contributed by atoms with Crippen LogP contribution in [0.25, 0.3) is 0 Å². The van der Waals surface area contributed by atoms with E-state index in [1.807, 2.05) is 52.0 Å². The molecule has 9 nitrogen and oxygen atoms in total. The van der Waals surface area contributed by atoms with Gasteiger partial charge in [0.1, 0.15) is 19.3 Å². The molecule has 39 heavy (non-hydrogen) atoms. The van der Waals surface area contributed by atoms with E-state index in [0.29, 0.717) is 43.4 Å². The average molecular weight is 560 g/mol. The topological polar surface area (TPSA) is 105 Å². The minimum atomic E-state index is -3.62. The molecule has 1 heterocycles. The number of carbonyl (C=O) groups is 2. The van der Waals surface area contributed by atoms with E-state index in [0.717, 1.165) is 23.8 Å². The van der Waals surface area contributed by atoms with Crippen molar-refractivity contribution in [3.63, 3.8) is 0 Å². The van der Waals surface area contributed by atoms with E-state index in [-0.39, 0.29) is 37.2 Å². The van der Waals surface area contributed by atoms with Gasteiger partial charge in [-0.1, -0.05) is 43.7 Å². The summed E-state index contributed by atoms with van der Waals surface area (Å²) in [7, 11) is -3.62. The van der Waals surface area contributed by atoms with Crippen LogP contribution in [0.15, 0.2) is 42.5 Å². The first-order chi connectivity index (χ1) is 18.5. The standard InChI is InChI=1S/C29H41N3O6S/c1-6-22(4)30-29(34)25(7-2)31(20-23-11-8-10-21(3)18-23)28(33)12-9-15-32(39(5,35)36)24-13-14-26-27(19-24)38-17-16-37-26/h8,10-11,13-14,18-19,22,25H,6-7,9,12,15-17,20H2,1-5H3,(H,30,34). The average Bonchev–Trinajstić information content (AvgIpc) is 2.89. The van der Waals surface area contributed by atoms with Gasteiger partial charge in [0.15, 0.2) is 11.5 Å². The highest BCUT2D eigenvalue weighted by Crippen LogP contribution is 2.34. The summed E-state index contributed by atoms with van der Waals surface area (Å²) >= 11 is 0. The number of rotatable bonds is 13. The Morgan fingerprint density at radius 3 is 2.38 bits per heavy atom. The van der Waals surface area contributed by atoms with Crippen LogP contribution in [0.5, 0.6) is 11.5 Å². The fourth-order valence-electron chi connectivity index (χ4n) is 4.56. The number of aryl methyl sites for hydroxylation is 1. The Hall–Kier alpha value is -3.27. The van der Waals surface area contributed by atoms with Gasteiger partial charge < -0.3 is 19.7 Å². The summed E-state index contributed by atoms with van der Waals surface area (Å²) in [6.07, 6.45) is 2.77. The second-order valence-corrected chi connectivity index (χ2v) is 11.9. The molecule has 0 spiro atoms. The van der Waals surface area contributed by atoms with Crippen LogP contribution in [0.3, 0.4) is 0 Å². The van der Waals surface area contributed by atoms with Crippen molar-refractivity contribution >= 4 is 27.5 Å². The number of nitrogens with one attached hydrogen (secondary N) is 1. The molecule has 2 unspecified atom stereocenters. The molecule has 2 aromatic rings. The molecule has 1 aliphatic heterocycles. The van der Waals surface area contributed by atoms with Crippen LogP contribution in [0.1, 0.15) is 57.6 Å². The second kappa shape index (κ2) is 13.7. The highest BCUT2D eigenvalue weighted by molar-refractivity contribution is 7.92. The van der Waals surface area contributed by atoms with E-state index in [1.54, 1.807) is 23.1 Å². The fraction of sp³-hybridized carbons (Fsp3) is 0.517. The van der Waals surface area contributed by atoms with Crippen LogP contribution in [-0.4, -0.2) is 63.2 Å². The molecule has 0 fully saturated rings. The largest absolute Gasteiger partial charge is 0.486 e. The smallest absolute Gasteiger partial charge is 0.243 e. The highest BCUT2D eigenvalue weighted by Gasteiger charge is 2.29. The van der Waals surface area contributed by atoms with Crippen molar-refractivity contribution < 1.29 is 27.5 Å². The quantitative estimate of drug-likeness (QED) is 0.397. The minimum absolute atomic E-state index is 0.00297. The second-order valence-electron chi connectivity index (χ2n) is 10.0. The van der Waals surface area contributed by atoms with E-state index in [4.69, 9.17) is 9.47 Å². The molecule has 214 valence electrons. The lowest BCUT2D eigenvalue weighted by atomic mass is 10.1. The van der Waals surface area contributed by atoms with Crippen molar-refractivity contribution in [2.45, 2.75) is 72.0 Å². The number of sulfonamides is 1. The molecule has 1 aliphatic rings. The summed E-state index contributed by atoms with van der Waals surface area (Å²) in [6, 6.07) is 12.3. The van der Waals surface area contributed by atoms with E-state index >= 15 is 0 Å². The summed E-state index contributed by atoms with van der Waals surface area (Å²) in [4.78, 5) is 28.4. The highest BCUT2D eigenvalue weighted by atomic mass is 32.2. The number of anilines is 1. The zero-order valence-electron chi connectivity index (χ0n) is 23.6. The molecule has 0 aromatic heterocycles. The number of benzene rings is 2. The van der Waals surface area contributed by atoms with E-state index < -0.39 is 16.1 Å². The molecule has 0 saturated carbocycles. The van der Waals surface area contributed by atoms with Gasteiger partial charge in [-0.25, -0.2) is 8.42 Å². The van der Waals surface area contributed by atoms with Crippen LogP contribution < -0.4 is 19.1 Å². The lowest BCUT2D eigenvalue weighted by Crippen LogP contribution is -2.50. The number of nitrogens with zero attached hydrogens (tertiary/aromatic N) is 2. The third-order valence-corrected chi connectivity index (χ3v) is 7.98. The van der Waals surface area contributed by atoms with Crippen LogP contribution in [0, 0.1) is 6.92 Å². The Bertz CT molecular complexity index is 1250. The van der Waals surface area contributed by atoms with E-state index in [1.165, 1.54) is 4.31 Å². The van der Waals surface area contributed by atoms with Crippen molar-refractivity contribution in [2.24, 2.45) is 0 Å². The van der Waals surface area contributed by atoms with Crippen LogP contribution in [-0.2, 0) is 26.2 Å². The van der Waals surface area contributed by atoms with Gasteiger partial charge in [0.2, 0.25) is 21.8 Å². The summed E-state index contributed by atoms with van der Waals surface area (Å²) in [5.74, 6) is 0.688. The Morgan fingerprint density at radius 2 is 1.74 bits per heavy atom.